The Balaban J connectivity index is 1.68. The Hall–Kier alpha value is -2.56. The normalized spacial score (nSPS) is 15.2. The average Bonchev–Trinajstić information content (AvgIpc) is 2.92. The van der Waals surface area contributed by atoms with Gasteiger partial charge in [-0.1, -0.05) is 37.8 Å². The lowest BCUT2D eigenvalue weighted by molar-refractivity contribution is 0.102. The fourth-order valence-corrected chi connectivity index (χ4v) is 3.42. The van der Waals surface area contributed by atoms with Crippen LogP contribution in [0.25, 0.3) is 0 Å². The number of ether oxygens (including phenoxy) is 1. The van der Waals surface area contributed by atoms with E-state index in [2.05, 4.69) is 15.6 Å². The summed E-state index contributed by atoms with van der Waals surface area (Å²) in [5, 5.41) is 6.49. The highest BCUT2D eigenvalue weighted by molar-refractivity contribution is 6.05. The van der Waals surface area contributed by atoms with E-state index in [-0.39, 0.29) is 12.0 Å². The quantitative estimate of drug-likeness (QED) is 0.684. The van der Waals surface area contributed by atoms with Crippen LogP contribution in [0, 0.1) is 0 Å². The predicted molar refractivity (Wildman–Crippen MR) is 110 cm³/mol. The van der Waals surface area contributed by atoms with Crippen LogP contribution in [0.2, 0.25) is 0 Å². The Kier molecular flexibility index (Phi) is 6.69. The Labute approximate surface area is 161 Å². The molecule has 27 heavy (non-hydrogen) atoms. The summed E-state index contributed by atoms with van der Waals surface area (Å²) in [6, 6.07) is 9.82. The molecule has 5 heteroatoms. The van der Waals surface area contributed by atoms with Crippen LogP contribution in [-0.4, -0.2) is 23.0 Å². The number of nitrogens with one attached hydrogen (secondary N) is 2. The third-order valence-electron chi connectivity index (χ3n) is 4.72. The van der Waals surface area contributed by atoms with Gasteiger partial charge in [0.05, 0.1) is 23.0 Å². The third-order valence-corrected chi connectivity index (χ3v) is 4.72. The van der Waals surface area contributed by atoms with Crippen molar-refractivity contribution in [1.29, 1.82) is 0 Å². The van der Waals surface area contributed by atoms with Crippen molar-refractivity contribution in [1.82, 2.24) is 4.98 Å². The standard InChI is InChI=1S/C22H29N3O2/c1-16(2)27-21-12-8-7-11-20(21)25-22(26)17-13-19(15-23-14-17)24-18-9-5-3-4-6-10-18/h7-8,11-16,18,24H,3-6,9-10H2,1-2H3,(H,25,26). The Morgan fingerprint density at radius 1 is 1.11 bits per heavy atom. The highest BCUT2D eigenvalue weighted by Crippen LogP contribution is 2.26. The van der Waals surface area contributed by atoms with Gasteiger partial charge in [-0.25, -0.2) is 0 Å². The molecule has 2 aromatic rings. The van der Waals surface area contributed by atoms with E-state index in [1.807, 2.05) is 44.2 Å². The molecule has 1 saturated carbocycles. The molecular formula is C22H29N3O2. The fourth-order valence-electron chi connectivity index (χ4n) is 3.42. The van der Waals surface area contributed by atoms with Crippen molar-refractivity contribution in [3.63, 3.8) is 0 Å². The molecule has 0 aliphatic heterocycles. The second-order valence-electron chi connectivity index (χ2n) is 7.41. The van der Waals surface area contributed by atoms with Gasteiger partial charge in [0.25, 0.3) is 5.91 Å². The van der Waals surface area contributed by atoms with Gasteiger partial charge in [0, 0.05) is 18.4 Å². The molecule has 144 valence electrons. The minimum Gasteiger partial charge on any atom is -0.489 e. The molecule has 1 aliphatic carbocycles. The van der Waals surface area contributed by atoms with Crippen LogP contribution in [0.15, 0.2) is 42.7 Å². The molecule has 0 bridgehead atoms. The van der Waals surface area contributed by atoms with Gasteiger partial charge in [0.2, 0.25) is 0 Å². The molecule has 5 nitrogen and oxygen atoms in total. The van der Waals surface area contributed by atoms with Crippen molar-refractivity contribution in [2.75, 3.05) is 10.6 Å². The van der Waals surface area contributed by atoms with Gasteiger partial charge in [-0.3, -0.25) is 9.78 Å². The molecular weight excluding hydrogens is 338 g/mol. The van der Waals surface area contributed by atoms with Crippen molar-refractivity contribution in [2.24, 2.45) is 0 Å². The number of anilines is 2. The zero-order valence-electron chi connectivity index (χ0n) is 16.2. The van der Waals surface area contributed by atoms with Gasteiger partial charge in [0.15, 0.2) is 0 Å². The molecule has 0 radical (unpaired) electrons. The Bertz CT molecular complexity index is 753. The van der Waals surface area contributed by atoms with Crippen LogP contribution in [0.3, 0.4) is 0 Å². The third kappa shape index (κ3) is 5.71. The van der Waals surface area contributed by atoms with Gasteiger partial charge >= 0.3 is 0 Å². The molecule has 0 atom stereocenters. The van der Waals surface area contributed by atoms with Crippen molar-refractivity contribution in [3.05, 3.63) is 48.3 Å². The topological polar surface area (TPSA) is 63.2 Å². The van der Waals surface area contributed by atoms with Crippen LogP contribution in [0.5, 0.6) is 5.75 Å². The molecule has 1 aliphatic rings. The van der Waals surface area contributed by atoms with E-state index in [1.54, 1.807) is 12.4 Å². The maximum Gasteiger partial charge on any atom is 0.257 e. The first-order chi connectivity index (χ1) is 13.1. The van der Waals surface area contributed by atoms with Crippen LogP contribution >= 0.6 is 0 Å². The number of carbonyl (C=O) groups excluding carboxylic acids is 1. The first-order valence-corrected chi connectivity index (χ1v) is 9.90. The van der Waals surface area contributed by atoms with Gasteiger partial charge in [-0.2, -0.15) is 0 Å². The van der Waals surface area contributed by atoms with E-state index in [0.29, 0.717) is 23.0 Å². The minimum atomic E-state index is -0.188. The number of amides is 1. The number of hydrogen-bond donors (Lipinski definition) is 2. The van der Waals surface area contributed by atoms with E-state index in [0.717, 1.165) is 5.69 Å². The van der Waals surface area contributed by atoms with Gasteiger partial charge in [-0.15, -0.1) is 0 Å². The lowest BCUT2D eigenvalue weighted by Crippen LogP contribution is -2.19. The Morgan fingerprint density at radius 3 is 2.59 bits per heavy atom. The molecule has 2 N–H and O–H groups in total. The molecule has 1 aromatic carbocycles. The van der Waals surface area contributed by atoms with Crippen molar-refractivity contribution >= 4 is 17.3 Å². The van der Waals surface area contributed by atoms with Crippen LogP contribution < -0.4 is 15.4 Å². The van der Waals surface area contributed by atoms with E-state index in [1.165, 1.54) is 38.5 Å². The number of nitrogens with zero attached hydrogens (tertiary/aromatic N) is 1. The molecule has 1 heterocycles. The lowest BCUT2D eigenvalue weighted by Gasteiger charge is -2.18. The summed E-state index contributed by atoms with van der Waals surface area (Å²) in [7, 11) is 0. The number of para-hydroxylation sites is 2. The Morgan fingerprint density at radius 2 is 1.85 bits per heavy atom. The lowest BCUT2D eigenvalue weighted by atomic mass is 10.1. The van der Waals surface area contributed by atoms with Gasteiger partial charge in [0.1, 0.15) is 5.75 Å². The predicted octanol–water partition coefficient (Wildman–Crippen LogP) is 5.26. The molecule has 1 fully saturated rings. The second-order valence-corrected chi connectivity index (χ2v) is 7.41. The van der Waals surface area contributed by atoms with Crippen molar-refractivity contribution < 1.29 is 9.53 Å². The average molecular weight is 367 g/mol. The SMILES string of the molecule is CC(C)Oc1ccccc1NC(=O)c1cncc(NC2CCCCCC2)c1. The van der Waals surface area contributed by atoms with Crippen LogP contribution in [-0.2, 0) is 0 Å². The van der Waals surface area contributed by atoms with Gasteiger partial charge in [-0.05, 0) is 44.9 Å². The number of carbonyl (C=O) groups is 1. The van der Waals surface area contributed by atoms with E-state index in [4.69, 9.17) is 4.74 Å². The fraction of sp³-hybridized carbons (Fsp3) is 0.455. The molecule has 1 aromatic heterocycles. The smallest absolute Gasteiger partial charge is 0.257 e. The molecule has 1 amide bonds. The second kappa shape index (κ2) is 9.40. The summed E-state index contributed by atoms with van der Waals surface area (Å²) in [6.07, 6.45) is 10.9. The maximum absolute atomic E-state index is 12.7. The largest absolute Gasteiger partial charge is 0.489 e. The zero-order valence-corrected chi connectivity index (χ0v) is 16.2. The van der Waals surface area contributed by atoms with E-state index in [9.17, 15) is 4.79 Å². The number of pyridine rings is 1. The monoisotopic (exact) mass is 367 g/mol. The van der Waals surface area contributed by atoms with Crippen molar-refractivity contribution in [2.45, 2.75) is 64.5 Å². The highest BCUT2D eigenvalue weighted by Gasteiger charge is 2.14. The minimum absolute atomic E-state index is 0.0387. The molecule has 0 spiro atoms. The van der Waals surface area contributed by atoms with Gasteiger partial charge < -0.3 is 15.4 Å². The van der Waals surface area contributed by atoms with E-state index >= 15 is 0 Å². The number of rotatable bonds is 6. The molecule has 3 rings (SSSR count). The number of aromatic nitrogens is 1. The summed E-state index contributed by atoms with van der Waals surface area (Å²) >= 11 is 0. The summed E-state index contributed by atoms with van der Waals surface area (Å²) < 4.78 is 5.78. The summed E-state index contributed by atoms with van der Waals surface area (Å²) in [4.78, 5) is 17.0. The zero-order chi connectivity index (χ0) is 19.1. The van der Waals surface area contributed by atoms with Crippen molar-refractivity contribution in [3.8, 4) is 5.75 Å². The first-order valence-electron chi connectivity index (χ1n) is 9.90. The van der Waals surface area contributed by atoms with Crippen LogP contribution in [0.4, 0.5) is 11.4 Å². The summed E-state index contributed by atoms with van der Waals surface area (Å²) in [5.74, 6) is 0.480. The summed E-state index contributed by atoms with van der Waals surface area (Å²) in [6.45, 7) is 3.93. The summed E-state index contributed by atoms with van der Waals surface area (Å²) in [5.41, 5.74) is 2.10. The number of hydrogen-bond acceptors (Lipinski definition) is 4. The van der Waals surface area contributed by atoms with Crippen LogP contribution in [0.1, 0.15) is 62.7 Å². The molecule has 0 unspecified atom stereocenters. The highest BCUT2D eigenvalue weighted by atomic mass is 16.5. The first kappa shape index (κ1) is 19.2. The maximum atomic E-state index is 12.7. The number of benzene rings is 1. The van der Waals surface area contributed by atoms with E-state index < -0.39 is 0 Å². The molecule has 0 saturated heterocycles.